The molecule has 0 N–H and O–H groups in total. The number of hydrogen-bond acceptors (Lipinski definition) is 6. The van der Waals surface area contributed by atoms with Crippen LogP contribution in [-0.2, 0) is 6.42 Å². The quantitative estimate of drug-likeness (QED) is 0.652. The standard InChI is InChI=1S/C24H24N4O3/c1-16-22-19(14-18(15-20(22)29)17-6-3-2-4-7-17)26-24(25-16)28-11-9-27(10-12-28)23(30)21-8-5-13-31-21/h2-8,13,18H,9-12,14-15H2,1H3/t18-/m0/s1. The Morgan fingerprint density at radius 2 is 1.77 bits per heavy atom. The van der Waals surface area contributed by atoms with E-state index < -0.39 is 0 Å². The summed E-state index contributed by atoms with van der Waals surface area (Å²) in [7, 11) is 0. The summed E-state index contributed by atoms with van der Waals surface area (Å²) in [5.41, 5.74) is 3.43. The number of aryl methyl sites for hydroxylation is 1. The summed E-state index contributed by atoms with van der Waals surface area (Å²) in [6.07, 6.45) is 2.74. The highest BCUT2D eigenvalue weighted by atomic mass is 16.3. The molecule has 1 aliphatic carbocycles. The number of hydrogen-bond donors (Lipinski definition) is 0. The first-order valence-corrected chi connectivity index (χ1v) is 10.6. The van der Waals surface area contributed by atoms with Crippen molar-refractivity contribution in [3.8, 4) is 0 Å². The molecule has 0 spiro atoms. The molecule has 5 rings (SSSR count). The summed E-state index contributed by atoms with van der Waals surface area (Å²) in [5.74, 6) is 1.17. The Balaban J connectivity index is 1.34. The zero-order valence-electron chi connectivity index (χ0n) is 17.5. The third-order valence-electron chi connectivity index (χ3n) is 6.16. The van der Waals surface area contributed by atoms with Gasteiger partial charge in [0.05, 0.1) is 23.2 Å². The van der Waals surface area contributed by atoms with Gasteiger partial charge in [-0.3, -0.25) is 9.59 Å². The molecule has 3 aromatic rings. The predicted octanol–water partition coefficient (Wildman–Crippen LogP) is 3.25. The van der Waals surface area contributed by atoms with Gasteiger partial charge in [0.1, 0.15) is 0 Å². The second-order valence-electron chi connectivity index (χ2n) is 8.13. The molecule has 2 aliphatic rings. The van der Waals surface area contributed by atoms with Gasteiger partial charge in [0.25, 0.3) is 5.91 Å². The molecule has 0 bridgehead atoms. The topological polar surface area (TPSA) is 79.5 Å². The molecule has 0 saturated carbocycles. The van der Waals surface area contributed by atoms with Gasteiger partial charge >= 0.3 is 0 Å². The Kier molecular flexibility index (Phi) is 5.02. The van der Waals surface area contributed by atoms with E-state index in [4.69, 9.17) is 9.40 Å². The zero-order valence-corrected chi connectivity index (χ0v) is 17.5. The van der Waals surface area contributed by atoms with Crippen LogP contribution >= 0.6 is 0 Å². The monoisotopic (exact) mass is 416 g/mol. The van der Waals surface area contributed by atoms with Crippen molar-refractivity contribution in [2.45, 2.75) is 25.7 Å². The molecule has 1 aliphatic heterocycles. The summed E-state index contributed by atoms with van der Waals surface area (Å²) >= 11 is 0. The Hall–Kier alpha value is -3.48. The van der Waals surface area contributed by atoms with Gasteiger partial charge < -0.3 is 14.2 Å². The molecule has 1 fully saturated rings. The summed E-state index contributed by atoms with van der Waals surface area (Å²) in [6.45, 7) is 4.32. The van der Waals surface area contributed by atoms with Crippen LogP contribution in [0.1, 0.15) is 50.2 Å². The lowest BCUT2D eigenvalue weighted by Crippen LogP contribution is -2.49. The van der Waals surface area contributed by atoms with Gasteiger partial charge in [0, 0.05) is 32.6 Å². The second-order valence-corrected chi connectivity index (χ2v) is 8.13. The third-order valence-corrected chi connectivity index (χ3v) is 6.16. The van der Waals surface area contributed by atoms with Crippen molar-refractivity contribution in [3.05, 3.63) is 77.0 Å². The van der Waals surface area contributed by atoms with Crippen LogP contribution in [0.15, 0.2) is 53.1 Å². The van der Waals surface area contributed by atoms with Gasteiger partial charge in [-0.05, 0) is 37.0 Å². The summed E-state index contributed by atoms with van der Waals surface area (Å²) in [4.78, 5) is 38.7. The van der Waals surface area contributed by atoms with E-state index in [-0.39, 0.29) is 17.6 Å². The molecule has 158 valence electrons. The lowest BCUT2D eigenvalue weighted by atomic mass is 9.81. The normalized spacial score (nSPS) is 18.7. The highest BCUT2D eigenvalue weighted by Crippen LogP contribution is 2.33. The third kappa shape index (κ3) is 3.71. The van der Waals surface area contributed by atoms with Gasteiger partial charge in [-0.2, -0.15) is 0 Å². The van der Waals surface area contributed by atoms with Crippen molar-refractivity contribution >= 4 is 17.6 Å². The number of piperazine rings is 1. The lowest BCUT2D eigenvalue weighted by Gasteiger charge is -2.35. The summed E-state index contributed by atoms with van der Waals surface area (Å²) in [5, 5.41) is 0. The SMILES string of the molecule is Cc1nc(N2CCN(C(=O)c3ccco3)CC2)nc2c1C(=O)C[C@@H](c1ccccc1)C2. The number of benzene rings is 1. The predicted molar refractivity (Wildman–Crippen MR) is 115 cm³/mol. The van der Waals surface area contributed by atoms with Crippen LogP contribution in [0.4, 0.5) is 5.95 Å². The fourth-order valence-corrected chi connectivity index (χ4v) is 4.53. The van der Waals surface area contributed by atoms with Crippen molar-refractivity contribution in [3.63, 3.8) is 0 Å². The van der Waals surface area contributed by atoms with E-state index in [2.05, 4.69) is 22.0 Å². The lowest BCUT2D eigenvalue weighted by molar-refractivity contribution is 0.0713. The number of anilines is 1. The minimum Gasteiger partial charge on any atom is -0.459 e. The maximum absolute atomic E-state index is 12.9. The van der Waals surface area contributed by atoms with E-state index in [0.29, 0.717) is 49.9 Å². The highest BCUT2D eigenvalue weighted by Gasteiger charge is 2.31. The summed E-state index contributed by atoms with van der Waals surface area (Å²) < 4.78 is 5.23. The number of Topliss-reactive ketones (excluding diaryl/α,β-unsaturated/α-hetero) is 1. The number of carbonyl (C=O) groups is 2. The second kappa shape index (κ2) is 7.98. The molecular weight excluding hydrogens is 392 g/mol. The molecular formula is C24H24N4O3. The molecule has 1 atom stereocenters. The van der Waals surface area contributed by atoms with Gasteiger partial charge in [-0.25, -0.2) is 9.97 Å². The molecule has 1 saturated heterocycles. The number of aromatic nitrogens is 2. The molecule has 31 heavy (non-hydrogen) atoms. The average Bonchev–Trinajstić information content (AvgIpc) is 3.34. The Bertz CT molecular complexity index is 1100. The van der Waals surface area contributed by atoms with Gasteiger partial charge in [-0.1, -0.05) is 30.3 Å². The Labute approximate surface area is 180 Å². The van der Waals surface area contributed by atoms with Gasteiger partial charge in [0.15, 0.2) is 11.5 Å². The van der Waals surface area contributed by atoms with Crippen LogP contribution in [0.2, 0.25) is 0 Å². The van der Waals surface area contributed by atoms with Crippen LogP contribution < -0.4 is 4.90 Å². The van der Waals surface area contributed by atoms with Gasteiger partial charge in [0.2, 0.25) is 5.95 Å². The molecule has 1 aromatic carbocycles. The van der Waals surface area contributed by atoms with Crippen molar-refractivity contribution in [2.24, 2.45) is 0 Å². The van der Waals surface area contributed by atoms with Crippen LogP contribution in [0.25, 0.3) is 0 Å². The number of nitrogens with zero attached hydrogens (tertiary/aromatic N) is 4. The molecule has 0 radical (unpaired) electrons. The Morgan fingerprint density at radius 1 is 1.00 bits per heavy atom. The van der Waals surface area contributed by atoms with E-state index in [1.165, 1.54) is 11.8 Å². The number of amides is 1. The number of fused-ring (bicyclic) bond motifs is 1. The van der Waals surface area contributed by atoms with E-state index in [1.54, 1.807) is 17.0 Å². The van der Waals surface area contributed by atoms with E-state index in [9.17, 15) is 9.59 Å². The van der Waals surface area contributed by atoms with Crippen LogP contribution in [0, 0.1) is 6.92 Å². The number of rotatable bonds is 3. The molecule has 1 amide bonds. The minimum atomic E-state index is -0.0940. The first-order chi connectivity index (χ1) is 15.1. The van der Waals surface area contributed by atoms with Crippen molar-refractivity contribution in [1.29, 1.82) is 0 Å². The van der Waals surface area contributed by atoms with Crippen LogP contribution in [0.3, 0.4) is 0 Å². The van der Waals surface area contributed by atoms with Crippen molar-refractivity contribution < 1.29 is 14.0 Å². The van der Waals surface area contributed by atoms with Crippen molar-refractivity contribution in [1.82, 2.24) is 14.9 Å². The smallest absolute Gasteiger partial charge is 0.289 e. The zero-order chi connectivity index (χ0) is 21.4. The van der Waals surface area contributed by atoms with Crippen LogP contribution in [-0.4, -0.2) is 52.7 Å². The van der Waals surface area contributed by atoms with Crippen LogP contribution in [0.5, 0.6) is 0 Å². The maximum Gasteiger partial charge on any atom is 0.289 e. The fraction of sp³-hybridized carbons (Fsp3) is 0.333. The molecule has 7 nitrogen and oxygen atoms in total. The first-order valence-electron chi connectivity index (χ1n) is 10.6. The molecule has 2 aromatic heterocycles. The van der Waals surface area contributed by atoms with E-state index >= 15 is 0 Å². The first kappa shape index (κ1) is 19.5. The molecule has 0 unspecified atom stereocenters. The molecule has 7 heteroatoms. The average molecular weight is 416 g/mol. The number of furan rings is 1. The van der Waals surface area contributed by atoms with Crippen molar-refractivity contribution in [2.75, 3.05) is 31.1 Å². The van der Waals surface area contributed by atoms with E-state index in [1.807, 2.05) is 25.1 Å². The van der Waals surface area contributed by atoms with E-state index in [0.717, 1.165) is 17.8 Å². The summed E-state index contributed by atoms with van der Waals surface area (Å²) in [6, 6.07) is 13.6. The number of carbonyl (C=O) groups excluding carboxylic acids is 2. The maximum atomic E-state index is 12.9. The number of ketones is 1. The van der Waals surface area contributed by atoms with Gasteiger partial charge in [-0.15, -0.1) is 0 Å². The molecule has 3 heterocycles. The largest absolute Gasteiger partial charge is 0.459 e. The highest BCUT2D eigenvalue weighted by molar-refractivity contribution is 5.99. The fourth-order valence-electron chi connectivity index (χ4n) is 4.53. The Morgan fingerprint density at radius 3 is 2.48 bits per heavy atom. The minimum absolute atomic E-state index is 0.0940.